The van der Waals surface area contributed by atoms with Gasteiger partial charge in [-0.15, -0.1) is 11.3 Å². The van der Waals surface area contributed by atoms with Gasteiger partial charge in [0.25, 0.3) is 11.5 Å². The lowest BCUT2D eigenvalue weighted by Gasteiger charge is -2.08. The lowest BCUT2D eigenvalue weighted by atomic mass is 10.1. The number of H-pyrrole nitrogens is 1. The molecule has 0 atom stereocenters. The van der Waals surface area contributed by atoms with Gasteiger partial charge in [0.2, 0.25) is 5.91 Å². The van der Waals surface area contributed by atoms with Gasteiger partial charge >= 0.3 is 0 Å². The number of aromatic nitrogens is 2. The number of aryl methyl sites for hydroxylation is 2. The maximum atomic E-state index is 12.3. The monoisotopic (exact) mass is 382 g/mol. The van der Waals surface area contributed by atoms with Crippen LogP contribution in [-0.2, 0) is 11.2 Å². The first-order valence-electron chi connectivity index (χ1n) is 8.23. The van der Waals surface area contributed by atoms with E-state index in [0.29, 0.717) is 10.8 Å². The van der Waals surface area contributed by atoms with Crippen molar-refractivity contribution in [2.24, 2.45) is 0 Å². The molecule has 0 saturated heterocycles. The molecule has 0 bridgehead atoms. The van der Waals surface area contributed by atoms with Crippen LogP contribution in [0.4, 0.5) is 10.8 Å². The number of rotatable bonds is 5. The number of anilines is 2. The largest absolute Gasteiger partial charge is 0.328 e. The molecule has 2 aromatic heterocycles. The SMILES string of the molecule is Cc1ccc(C)c(NC(=O)Cc2csc(NC(=O)c3ccc[nH]c3=O)n2)c1. The van der Waals surface area contributed by atoms with Gasteiger partial charge in [0, 0.05) is 17.3 Å². The van der Waals surface area contributed by atoms with Crippen molar-refractivity contribution >= 4 is 34.0 Å². The second kappa shape index (κ2) is 7.96. The zero-order valence-corrected chi connectivity index (χ0v) is 15.6. The molecule has 138 valence electrons. The Morgan fingerprint density at radius 2 is 2.00 bits per heavy atom. The van der Waals surface area contributed by atoms with E-state index in [-0.39, 0.29) is 17.9 Å². The van der Waals surface area contributed by atoms with Gasteiger partial charge in [-0.2, -0.15) is 0 Å². The summed E-state index contributed by atoms with van der Waals surface area (Å²) in [5.41, 5.74) is 2.88. The van der Waals surface area contributed by atoms with Gasteiger partial charge < -0.3 is 10.3 Å². The number of aromatic amines is 1. The molecule has 8 heteroatoms. The van der Waals surface area contributed by atoms with Gasteiger partial charge in [-0.3, -0.25) is 19.7 Å². The third-order valence-corrected chi connectivity index (χ3v) is 4.65. The van der Waals surface area contributed by atoms with E-state index in [2.05, 4.69) is 20.6 Å². The van der Waals surface area contributed by atoms with Crippen LogP contribution >= 0.6 is 11.3 Å². The molecule has 3 rings (SSSR count). The quantitative estimate of drug-likeness (QED) is 0.631. The van der Waals surface area contributed by atoms with E-state index < -0.39 is 11.5 Å². The third-order valence-electron chi connectivity index (χ3n) is 3.84. The van der Waals surface area contributed by atoms with Crippen molar-refractivity contribution in [1.29, 1.82) is 0 Å². The molecule has 0 aliphatic heterocycles. The Kier molecular flexibility index (Phi) is 5.46. The lowest BCUT2D eigenvalue weighted by Crippen LogP contribution is -2.22. The maximum absolute atomic E-state index is 12.3. The highest BCUT2D eigenvalue weighted by Crippen LogP contribution is 2.19. The number of hydrogen-bond donors (Lipinski definition) is 3. The molecular weight excluding hydrogens is 364 g/mol. The number of carbonyl (C=O) groups excluding carboxylic acids is 2. The first kappa shape index (κ1) is 18.5. The Labute approximate surface area is 159 Å². The van der Waals surface area contributed by atoms with Crippen LogP contribution in [0.25, 0.3) is 0 Å². The highest BCUT2D eigenvalue weighted by Gasteiger charge is 2.14. The van der Waals surface area contributed by atoms with Crippen molar-refractivity contribution in [3.8, 4) is 0 Å². The number of hydrogen-bond acceptors (Lipinski definition) is 5. The zero-order valence-electron chi connectivity index (χ0n) is 14.8. The minimum Gasteiger partial charge on any atom is -0.328 e. The molecule has 0 aliphatic rings. The predicted molar refractivity (Wildman–Crippen MR) is 105 cm³/mol. The molecular formula is C19H18N4O3S. The molecule has 3 N–H and O–H groups in total. The summed E-state index contributed by atoms with van der Waals surface area (Å²) in [6, 6.07) is 8.85. The fourth-order valence-electron chi connectivity index (χ4n) is 2.44. The molecule has 0 saturated carbocycles. The van der Waals surface area contributed by atoms with E-state index in [9.17, 15) is 14.4 Å². The summed E-state index contributed by atoms with van der Waals surface area (Å²) in [7, 11) is 0. The van der Waals surface area contributed by atoms with Crippen LogP contribution in [0.15, 0.2) is 46.7 Å². The second-order valence-electron chi connectivity index (χ2n) is 6.05. The van der Waals surface area contributed by atoms with E-state index >= 15 is 0 Å². The summed E-state index contributed by atoms with van der Waals surface area (Å²) in [5.74, 6) is -0.732. The van der Waals surface area contributed by atoms with E-state index in [0.717, 1.165) is 16.8 Å². The van der Waals surface area contributed by atoms with E-state index in [1.165, 1.54) is 23.6 Å². The normalized spacial score (nSPS) is 10.4. The van der Waals surface area contributed by atoms with Crippen LogP contribution in [0.3, 0.4) is 0 Å². The second-order valence-corrected chi connectivity index (χ2v) is 6.91. The van der Waals surface area contributed by atoms with Crippen LogP contribution in [0.1, 0.15) is 27.2 Å². The number of benzene rings is 1. The predicted octanol–water partition coefficient (Wildman–Crippen LogP) is 2.88. The molecule has 2 heterocycles. The standard InChI is InChI=1S/C19H18N4O3S/c1-11-5-6-12(2)15(8-11)22-16(24)9-13-10-27-19(21-13)23-18(26)14-4-3-7-20-17(14)25/h3-8,10H,9H2,1-2H3,(H,20,25)(H,22,24)(H,21,23,26). The number of nitrogens with one attached hydrogen (secondary N) is 3. The number of thiazole rings is 1. The first-order valence-corrected chi connectivity index (χ1v) is 9.11. The van der Waals surface area contributed by atoms with Crippen molar-refractivity contribution in [2.75, 3.05) is 10.6 Å². The minimum absolute atomic E-state index is 0.00177. The molecule has 0 aliphatic carbocycles. The first-order chi connectivity index (χ1) is 12.9. The third kappa shape index (κ3) is 4.68. The number of amides is 2. The average molecular weight is 382 g/mol. The van der Waals surface area contributed by atoms with Crippen LogP contribution in [0.5, 0.6) is 0 Å². The van der Waals surface area contributed by atoms with Crippen molar-refractivity contribution in [3.05, 3.63) is 74.6 Å². The van der Waals surface area contributed by atoms with Gasteiger partial charge in [-0.25, -0.2) is 4.98 Å². The molecule has 0 spiro atoms. The topological polar surface area (TPSA) is 104 Å². The van der Waals surface area contributed by atoms with Crippen molar-refractivity contribution in [2.45, 2.75) is 20.3 Å². The number of pyridine rings is 1. The summed E-state index contributed by atoms with van der Waals surface area (Å²) < 4.78 is 0. The Bertz CT molecular complexity index is 1050. The van der Waals surface area contributed by atoms with Crippen LogP contribution in [0.2, 0.25) is 0 Å². The molecule has 1 aromatic carbocycles. The fourth-order valence-corrected chi connectivity index (χ4v) is 3.15. The fraction of sp³-hybridized carbons (Fsp3) is 0.158. The highest BCUT2D eigenvalue weighted by molar-refractivity contribution is 7.14. The van der Waals surface area contributed by atoms with E-state index in [4.69, 9.17) is 0 Å². The molecule has 27 heavy (non-hydrogen) atoms. The lowest BCUT2D eigenvalue weighted by molar-refractivity contribution is -0.115. The van der Waals surface area contributed by atoms with Gasteiger partial charge in [-0.1, -0.05) is 12.1 Å². The van der Waals surface area contributed by atoms with Crippen molar-refractivity contribution in [3.63, 3.8) is 0 Å². The molecule has 0 radical (unpaired) electrons. The minimum atomic E-state index is -0.544. The van der Waals surface area contributed by atoms with Gasteiger partial charge in [0.05, 0.1) is 12.1 Å². The number of carbonyl (C=O) groups is 2. The summed E-state index contributed by atoms with van der Waals surface area (Å²) >= 11 is 1.20. The smallest absolute Gasteiger partial charge is 0.263 e. The Morgan fingerprint density at radius 1 is 1.19 bits per heavy atom. The molecule has 7 nitrogen and oxygen atoms in total. The Morgan fingerprint density at radius 3 is 2.78 bits per heavy atom. The summed E-state index contributed by atoms with van der Waals surface area (Å²) in [6.07, 6.45) is 1.54. The van der Waals surface area contributed by atoms with E-state index in [1.807, 2.05) is 32.0 Å². The Balaban J connectivity index is 1.63. The van der Waals surface area contributed by atoms with E-state index in [1.54, 1.807) is 11.4 Å². The number of nitrogens with zero attached hydrogens (tertiary/aromatic N) is 1. The average Bonchev–Trinajstić information content (AvgIpc) is 3.05. The molecule has 0 fully saturated rings. The molecule has 3 aromatic rings. The van der Waals surface area contributed by atoms with Crippen molar-refractivity contribution < 1.29 is 9.59 Å². The summed E-state index contributed by atoms with van der Waals surface area (Å²) in [4.78, 5) is 42.7. The summed E-state index contributed by atoms with van der Waals surface area (Å²) in [6.45, 7) is 3.89. The van der Waals surface area contributed by atoms with Crippen LogP contribution < -0.4 is 16.2 Å². The maximum Gasteiger partial charge on any atom is 0.263 e. The zero-order chi connectivity index (χ0) is 19.4. The van der Waals surface area contributed by atoms with Gasteiger partial charge in [-0.05, 0) is 43.2 Å². The Hall–Kier alpha value is -3.26. The highest BCUT2D eigenvalue weighted by atomic mass is 32.1. The van der Waals surface area contributed by atoms with Gasteiger partial charge in [0.1, 0.15) is 5.56 Å². The van der Waals surface area contributed by atoms with Crippen molar-refractivity contribution in [1.82, 2.24) is 9.97 Å². The summed E-state index contributed by atoms with van der Waals surface area (Å²) in [5, 5.41) is 7.48. The molecule has 2 amide bonds. The van der Waals surface area contributed by atoms with Gasteiger partial charge in [0.15, 0.2) is 5.13 Å². The van der Waals surface area contributed by atoms with Crippen LogP contribution in [0, 0.1) is 13.8 Å². The van der Waals surface area contributed by atoms with Crippen LogP contribution in [-0.4, -0.2) is 21.8 Å². The molecule has 0 unspecified atom stereocenters.